The topological polar surface area (TPSA) is 25.2 Å². The normalized spacial score (nSPS) is 12.1. The Bertz CT molecular complexity index is 502. The molecule has 0 bridgehead atoms. The molecule has 2 nitrogen and oxygen atoms in total. The summed E-state index contributed by atoms with van der Waals surface area (Å²) in [6.07, 6.45) is 2.41. The zero-order chi connectivity index (χ0) is 13.0. The summed E-state index contributed by atoms with van der Waals surface area (Å²) in [7, 11) is 0. The number of nitrogens with one attached hydrogen (secondary N) is 1. The van der Waals surface area contributed by atoms with E-state index in [1.807, 2.05) is 19.1 Å². The fraction of sp³-hybridized carbons (Fsp3) is 0.200. The predicted octanol–water partition coefficient (Wildman–Crippen LogP) is 4.54. The van der Waals surface area contributed by atoms with Crippen molar-refractivity contribution in [2.24, 2.45) is 0 Å². The Morgan fingerprint density at radius 3 is 2.61 bits per heavy atom. The summed E-state index contributed by atoms with van der Waals surface area (Å²) in [5.41, 5.74) is 1.92. The summed E-state index contributed by atoms with van der Waals surface area (Å²) in [5.74, 6) is 0.609. The lowest BCUT2D eigenvalue weighted by atomic mass is 10.1. The smallest absolute Gasteiger partial charge is 0.126 e. The predicted molar refractivity (Wildman–Crippen MR) is 70.9 cm³/mol. The lowest BCUT2D eigenvalue weighted by Gasteiger charge is -2.18. The third kappa shape index (κ3) is 3.23. The monoisotopic (exact) mass is 245 g/mol. The first-order chi connectivity index (χ1) is 8.65. The fourth-order valence-corrected chi connectivity index (χ4v) is 1.81. The lowest BCUT2D eigenvalue weighted by molar-refractivity contribution is 0.477. The quantitative estimate of drug-likeness (QED) is 0.782. The van der Waals surface area contributed by atoms with Crippen molar-refractivity contribution < 1.29 is 8.81 Å². The molecule has 2 rings (SSSR count). The number of benzene rings is 1. The van der Waals surface area contributed by atoms with Crippen LogP contribution in [0.25, 0.3) is 0 Å². The average molecular weight is 245 g/mol. The molecular weight excluding hydrogens is 229 g/mol. The lowest BCUT2D eigenvalue weighted by Crippen LogP contribution is -2.10. The second-order valence-corrected chi connectivity index (χ2v) is 4.38. The van der Waals surface area contributed by atoms with Crippen LogP contribution in [0.3, 0.4) is 0 Å². The van der Waals surface area contributed by atoms with Crippen LogP contribution < -0.4 is 5.32 Å². The molecular formula is C15H16FNO. The molecule has 0 aliphatic heterocycles. The summed E-state index contributed by atoms with van der Waals surface area (Å²) in [6, 6.07) is 10.1. The van der Waals surface area contributed by atoms with Gasteiger partial charge in [0, 0.05) is 5.69 Å². The second-order valence-electron chi connectivity index (χ2n) is 4.38. The van der Waals surface area contributed by atoms with Crippen molar-refractivity contribution in [2.75, 3.05) is 5.32 Å². The molecule has 1 unspecified atom stereocenters. The minimum absolute atomic E-state index is 0.0166. The Hall–Kier alpha value is -2.03. The molecule has 0 aliphatic carbocycles. The van der Waals surface area contributed by atoms with Crippen molar-refractivity contribution in [1.29, 1.82) is 0 Å². The first kappa shape index (κ1) is 12.4. The zero-order valence-electron chi connectivity index (χ0n) is 10.3. The van der Waals surface area contributed by atoms with E-state index >= 15 is 0 Å². The molecule has 1 atom stereocenters. The molecule has 0 radical (unpaired) electrons. The van der Waals surface area contributed by atoms with Crippen LogP contribution in [0.15, 0.2) is 59.2 Å². The van der Waals surface area contributed by atoms with Crippen molar-refractivity contribution in [2.45, 2.75) is 19.4 Å². The van der Waals surface area contributed by atoms with Gasteiger partial charge in [0.2, 0.25) is 0 Å². The summed E-state index contributed by atoms with van der Waals surface area (Å²) < 4.78 is 18.3. The van der Waals surface area contributed by atoms with Gasteiger partial charge in [-0.1, -0.05) is 5.57 Å². The minimum atomic E-state index is -0.241. The maximum Gasteiger partial charge on any atom is 0.126 e. The van der Waals surface area contributed by atoms with Crippen molar-refractivity contribution in [1.82, 2.24) is 0 Å². The molecule has 2 aromatic rings. The Kier molecular flexibility index (Phi) is 3.82. The summed E-state index contributed by atoms with van der Waals surface area (Å²) in [6.45, 7) is 5.89. The Labute approximate surface area is 106 Å². The van der Waals surface area contributed by atoms with Gasteiger partial charge in [0.1, 0.15) is 11.6 Å². The van der Waals surface area contributed by atoms with E-state index in [0.717, 1.165) is 23.4 Å². The van der Waals surface area contributed by atoms with E-state index in [1.54, 1.807) is 18.4 Å². The van der Waals surface area contributed by atoms with Gasteiger partial charge in [0.25, 0.3) is 0 Å². The van der Waals surface area contributed by atoms with E-state index in [2.05, 4.69) is 11.9 Å². The molecule has 0 aliphatic rings. The Morgan fingerprint density at radius 2 is 2.06 bits per heavy atom. The molecule has 1 aromatic carbocycles. The van der Waals surface area contributed by atoms with Gasteiger partial charge in [-0.15, -0.1) is 6.58 Å². The molecule has 1 aromatic heterocycles. The maximum absolute atomic E-state index is 12.8. The van der Waals surface area contributed by atoms with E-state index in [0.29, 0.717) is 0 Å². The van der Waals surface area contributed by atoms with Crippen molar-refractivity contribution in [3.05, 3.63) is 66.4 Å². The Morgan fingerprint density at radius 1 is 1.33 bits per heavy atom. The number of halogens is 1. The maximum atomic E-state index is 12.8. The van der Waals surface area contributed by atoms with Gasteiger partial charge in [-0.05, 0) is 49.7 Å². The Balaban J connectivity index is 2.15. The SMILES string of the molecule is C=C(C)CC(Nc1ccc(F)cc1)c1ccco1. The van der Waals surface area contributed by atoms with Crippen LogP contribution in [0.4, 0.5) is 10.1 Å². The van der Waals surface area contributed by atoms with E-state index in [9.17, 15) is 4.39 Å². The van der Waals surface area contributed by atoms with Crippen molar-refractivity contribution >= 4 is 5.69 Å². The van der Waals surface area contributed by atoms with Gasteiger partial charge >= 0.3 is 0 Å². The number of hydrogen-bond donors (Lipinski definition) is 1. The van der Waals surface area contributed by atoms with Crippen molar-refractivity contribution in [3.8, 4) is 0 Å². The number of furan rings is 1. The number of hydrogen-bond acceptors (Lipinski definition) is 2. The molecule has 18 heavy (non-hydrogen) atoms. The minimum Gasteiger partial charge on any atom is -0.467 e. The van der Waals surface area contributed by atoms with Crippen molar-refractivity contribution in [3.63, 3.8) is 0 Å². The van der Waals surface area contributed by atoms with Crippen LogP contribution in [-0.2, 0) is 0 Å². The van der Waals surface area contributed by atoms with Gasteiger partial charge in [-0.25, -0.2) is 4.39 Å². The van der Waals surface area contributed by atoms with Gasteiger partial charge in [-0.3, -0.25) is 0 Å². The molecule has 1 heterocycles. The third-order valence-electron chi connectivity index (χ3n) is 2.62. The highest BCUT2D eigenvalue weighted by Gasteiger charge is 2.14. The molecule has 0 spiro atoms. The van der Waals surface area contributed by atoms with E-state index < -0.39 is 0 Å². The van der Waals surface area contributed by atoms with E-state index in [4.69, 9.17) is 4.42 Å². The van der Waals surface area contributed by atoms with E-state index in [1.165, 1.54) is 12.1 Å². The summed E-state index contributed by atoms with van der Waals surface area (Å²) in [4.78, 5) is 0. The number of anilines is 1. The van der Waals surface area contributed by atoms with Crippen LogP contribution in [-0.4, -0.2) is 0 Å². The van der Waals surface area contributed by atoms with Gasteiger partial charge in [-0.2, -0.15) is 0 Å². The molecule has 0 fully saturated rings. The highest BCUT2D eigenvalue weighted by Crippen LogP contribution is 2.25. The largest absolute Gasteiger partial charge is 0.467 e. The standard InChI is InChI=1S/C15H16FNO/c1-11(2)10-14(15-4-3-9-18-15)17-13-7-5-12(16)6-8-13/h3-9,14,17H,1,10H2,2H3. The summed E-state index contributed by atoms with van der Waals surface area (Å²) >= 11 is 0. The van der Waals surface area contributed by atoms with Gasteiger partial charge < -0.3 is 9.73 Å². The number of rotatable bonds is 5. The molecule has 1 N–H and O–H groups in total. The molecule has 94 valence electrons. The first-order valence-electron chi connectivity index (χ1n) is 5.85. The van der Waals surface area contributed by atoms with Gasteiger partial charge in [0.15, 0.2) is 0 Å². The van der Waals surface area contributed by atoms with Crippen LogP contribution in [0.5, 0.6) is 0 Å². The molecule has 0 saturated carbocycles. The highest BCUT2D eigenvalue weighted by molar-refractivity contribution is 5.45. The van der Waals surface area contributed by atoms with Crippen LogP contribution in [0.1, 0.15) is 25.1 Å². The first-order valence-corrected chi connectivity index (χ1v) is 5.85. The zero-order valence-corrected chi connectivity index (χ0v) is 10.3. The van der Waals surface area contributed by atoms with Crippen LogP contribution in [0, 0.1) is 5.82 Å². The van der Waals surface area contributed by atoms with E-state index in [-0.39, 0.29) is 11.9 Å². The third-order valence-corrected chi connectivity index (χ3v) is 2.62. The molecule has 0 amide bonds. The molecule has 3 heteroatoms. The van der Waals surface area contributed by atoms with Gasteiger partial charge in [0.05, 0.1) is 12.3 Å². The van der Waals surface area contributed by atoms with Crippen LogP contribution >= 0.6 is 0 Å². The molecule has 0 saturated heterocycles. The summed E-state index contributed by atoms with van der Waals surface area (Å²) in [5, 5.41) is 3.32. The highest BCUT2D eigenvalue weighted by atomic mass is 19.1. The second kappa shape index (κ2) is 5.54. The van der Waals surface area contributed by atoms with Crippen LogP contribution in [0.2, 0.25) is 0 Å². The average Bonchev–Trinajstić information content (AvgIpc) is 2.84. The fourth-order valence-electron chi connectivity index (χ4n) is 1.81.